The van der Waals surface area contributed by atoms with Crippen molar-refractivity contribution in [3.8, 4) is 0 Å². The minimum atomic E-state index is -0.445. The molecule has 0 saturated heterocycles. The lowest BCUT2D eigenvalue weighted by Gasteiger charge is -2.32. The molecular weight excluding hydrogens is 217 g/mol. The van der Waals surface area contributed by atoms with Crippen molar-refractivity contribution in [2.45, 2.75) is 38.1 Å². The van der Waals surface area contributed by atoms with Gasteiger partial charge in [0, 0.05) is 6.04 Å². The molecule has 1 unspecified atom stereocenters. The summed E-state index contributed by atoms with van der Waals surface area (Å²) >= 11 is 0. The summed E-state index contributed by atoms with van der Waals surface area (Å²) in [7, 11) is 0. The van der Waals surface area contributed by atoms with Crippen LogP contribution >= 0.6 is 0 Å². The average molecular weight is 237 g/mol. The molecule has 1 fully saturated rings. The van der Waals surface area contributed by atoms with Crippen molar-refractivity contribution in [3.05, 3.63) is 23.5 Å². The van der Waals surface area contributed by atoms with E-state index in [1.165, 1.54) is 6.07 Å². The molecule has 1 aliphatic carbocycles. The molecule has 1 aromatic rings. The lowest BCUT2D eigenvalue weighted by atomic mass is 9.76. The lowest BCUT2D eigenvalue weighted by molar-refractivity contribution is 0.308. The highest BCUT2D eigenvalue weighted by Crippen LogP contribution is 2.39. The van der Waals surface area contributed by atoms with E-state index < -0.39 is 5.82 Å². The molecule has 0 amide bonds. The second kappa shape index (κ2) is 4.53. The molecule has 0 aliphatic heterocycles. The quantitative estimate of drug-likeness (QED) is 0.655. The van der Waals surface area contributed by atoms with Gasteiger partial charge in [0.25, 0.3) is 0 Å². The van der Waals surface area contributed by atoms with Crippen LogP contribution in [0, 0.1) is 11.7 Å². The molecule has 1 saturated carbocycles. The van der Waals surface area contributed by atoms with Crippen molar-refractivity contribution in [2.75, 3.05) is 11.5 Å². The standard InChI is InChI=1S/C13H20FN3/c1-7-4-8(6-9(15)5-7)10-2-3-11(14)13(17)12(10)16/h2-3,7-9H,4-6,15-17H2,1H3/t7-,8?,9-/m1/s1. The molecule has 1 aromatic carbocycles. The van der Waals surface area contributed by atoms with Gasteiger partial charge in [-0.2, -0.15) is 0 Å². The summed E-state index contributed by atoms with van der Waals surface area (Å²) < 4.78 is 13.3. The predicted octanol–water partition coefficient (Wildman–Crippen LogP) is 2.22. The zero-order valence-corrected chi connectivity index (χ0v) is 10.1. The van der Waals surface area contributed by atoms with Crippen molar-refractivity contribution in [3.63, 3.8) is 0 Å². The molecule has 6 N–H and O–H groups in total. The first kappa shape index (κ1) is 12.2. The van der Waals surface area contributed by atoms with Crippen molar-refractivity contribution in [1.82, 2.24) is 0 Å². The number of halogens is 1. The van der Waals surface area contributed by atoms with Gasteiger partial charge in [-0.3, -0.25) is 0 Å². The van der Waals surface area contributed by atoms with Gasteiger partial charge in [-0.25, -0.2) is 4.39 Å². The van der Waals surface area contributed by atoms with Gasteiger partial charge >= 0.3 is 0 Å². The lowest BCUT2D eigenvalue weighted by Crippen LogP contribution is -2.31. The third-order valence-electron chi connectivity index (χ3n) is 3.69. The number of hydrogen-bond donors (Lipinski definition) is 3. The van der Waals surface area contributed by atoms with E-state index in [0.717, 1.165) is 24.8 Å². The van der Waals surface area contributed by atoms with Gasteiger partial charge in [-0.1, -0.05) is 13.0 Å². The fourth-order valence-corrected chi connectivity index (χ4v) is 2.89. The van der Waals surface area contributed by atoms with Gasteiger partial charge in [0.15, 0.2) is 0 Å². The third kappa shape index (κ3) is 2.36. The SMILES string of the molecule is C[C@@H]1CC(c2ccc(F)c(N)c2N)C[C@H](N)C1. The maximum atomic E-state index is 13.3. The van der Waals surface area contributed by atoms with Crippen LogP contribution in [0.2, 0.25) is 0 Å². The van der Waals surface area contributed by atoms with Crippen molar-refractivity contribution in [2.24, 2.45) is 11.7 Å². The van der Waals surface area contributed by atoms with E-state index in [2.05, 4.69) is 6.92 Å². The van der Waals surface area contributed by atoms with Crippen LogP contribution in [0.15, 0.2) is 12.1 Å². The molecule has 1 aliphatic rings. The molecule has 4 heteroatoms. The normalized spacial score (nSPS) is 29.2. The van der Waals surface area contributed by atoms with Gasteiger partial charge in [0.2, 0.25) is 0 Å². The summed E-state index contributed by atoms with van der Waals surface area (Å²) in [4.78, 5) is 0. The topological polar surface area (TPSA) is 78.1 Å². The van der Waals surface area contributed by atoms with E-state index in [4.69, 9.17) is 17.2 Å². The number of nitrogen functional groups attached to an aromatic ring is 2. The largest absolute Gasteiger partial charge is 0.397 e. The number of benzene rings is 1. The molecule has 0 aromatic heterocycles. The second-order valence-electron chi connectivity index (χ2n) is 5.23. The Morgan fingerprint density at radius 2 is 1.82 bits per heavy atom. The van der Waals surface area contributed by atoms with Crippen LogP contribution in [0.3, 0.4) is 0 Å². The number of anilines is 2. The molecular formula is C13H20FN3. The van der Waals surface area contributed by atoms with Crippen molar-refractivity contribution in [1.29, 1.82) is 0 Å². The molecule has 2 rings (SSSR count). The molecule has 3 atom stereocenters. The van der Waals surface area contributed by atoms with E-state index in [1.807, 2.05) is 0 Å². The predicted molar refractivity (Wildman–Crippen MR) is 69.0 cm³/mol. The Bertz CT molecular complexity index is 409. The molecule has 17 heavy (non-hydrogen) atoms. The maximum Gasteiger partial charge on any atom is 0.148 e. The van der Waals surface area contributed by atoms with Crippen LogP contribution in [-0.4, -0.2) is 6.04 Å². The molecule has 0 bridgehead atoms. The van der Waals surface area contributed by atoms with Gasteiger partial charge in [-0.15, -0.1) is 0 Å². The van der Waals surface area contributed by atoms with Crippen molar-refractivity contribution < 1.29 is 4.39 Å². The number of hydrogen-bond acceptors (Lipinski definition) is 3. The first-order chi connectivity index (χ1) is 7.99. The molecule has 94 valence electrons. The van der Waals surface area contributed by atoms with Crippen LogP contribution in [-0.2, 0) is 0 Å². The van der Waals surface area contributed by atoms with Crippen LogP contribution < -0.4 is 17.2 Å². The average Bonchev–Trinajstić information content (AvgIpc) is 2.24. The van der Waals surface area contributed by atoms with Crippen molar-refractivity contribution >= 4 is 11.4 Å². The highest BCUT2D eigenvalue weighted by atomic mass is 19.1. The Morgan fingerprint density at radius 1 is 1.12 bits per heavy atom. The van der Waals surface area contributed by atoms with Gasteiger partial charge in [0.05, 0.1) is 11.4 Å². The van der Waals surface area contributed by atoms with E-state index in [9.17, 15) is 4.39 Å². The Balaban J connectivity index is 2.31. The number of nitrogens with two attached hydrogens (primary N) is 3. The fraction of sp³-hybridized carbons (Fsp3) is 0.538. The fourth-order valence-electron chi connectivity index (χ4n) is 2.89. The van der Waals surface area contributed by atoms with E-state index in [-0.39, 0.29) is 11.7 Å². The van der Waals surface area contributed by atoms with Crippen LogP contribution in [0.25, 0.3) is 0 Å². The monoisotopic (exact) mass is 237 g/mol. The van der Waals surface area contributed by atoms with Gasteiger partial charge in [-0.05, 0) is 42.7 Å². The van der Waals surface area contributed by atoms with E-state index in [1.54, 1.807) is 6.07 Å². The van der Waals surface area contributed by atoms with Gasteiger partial charge in [0.1, 0.15) is 5.82 Å². The highest BCUT2D eigenvalue weighted by Gasteiger charge is 2.27. The van der Waals surface area contributed by atoms with Crippen LogP contribution in [0.1, 0.15) is 37.7 Å². The minimum Gasteiger partial charge on any atom is -0.397 e. The molecule has 0 heterocycles. The maximum absolute atomic E-state index is 13.3. The zero-order valence-electron chi connectivity index (χ0n) is 10.1. The number of rotatable bonds is 1. The Morgan fingerprint density at radius 3 is 2.47 bits per heavy atom. The summed E-state index contributed by atoms with van der Waals surface area (Å²) in [6.45, 7) is 2.19. The third-order valence-corrected chi connectivity index (χ3v) is 3.69. The Kier molecular flexibility index (Phi) is 3.24. The minimum absolute atomic E-state index is 0.0642. The first-order valence-electron chi connectivity index (χ1n) is 6.08. The molecule has 0 spiro atoms. The highest BCUT2D eigenvalue weighted by molar-refractivity contribution is 5.68. The van der Waals surface area contributed by atoms with E-state index >= 15 is 0 Å². The van der Waals surface area contributed by atoms with Crippen LogP contribution in [0.5, 0.6) is 0 Å². The summed E-state index contributed by atoms with van der Waals surface area (Å²) in [6.07, 6.45) is 3.00. The second-order valence-corrected chi connectivity index (χ2v) is 5.23. The van der Waals surface area contributed by atoms with Crippen LogP contribution in [0.4, 0.5) is 15.8 Å². The first-order valence-corrected chi connectivity index (χ1v) is 6.08. The molecule has 3 nitrogen and oxygen atoms in total. The van der Waals surface area contributed by atoms with Gasteiger partial charge < -0.3 is 17.2 Å². The summed E-state index contributed by atoms with van der Waals surface area (Å²) in [5.41, 5.74) is 19.0. The zero-order chi connectivity index (χ0) is 12.6. The summed E-state index contributed by atoms with van der Waals surface area (Å²) in [5.74, 6) is 0.436. The molecule has 0 radical (unpaired) electrons. The Hall–Kier alpha value is -1.29. The smallest absolute Gasteiger partial charge is 0.148 e. The van der Waals surface area contributed by atoms with E-state index in [0.29, 0.717) is 17.5 Å². The summed E-state index contributed by atoms with van der Waals surface area (Å²) in [5, 5.41) is 0. The Labute approximate surface area is 101 Å². The summed E-state index contributed by atoms with van der Waals surface area (Å²) in [6, 6.07) is 3.34.